The molecule has 1 amide bonds. The van der Waals surface area contributed by atoms with E-state index >= 15 is 0 Å². The van der Waals surface area contributed by atoms with Crippen molar-refractivity contribution >= 4 is 27.1 Å². The summed E-state index contributed by atoms with van der Waals surface area (Å²) in [5, 5.41) is 2.91. The Morgan fingerprint density at radius 3 is 2.41 bits per heavy atom. The number of allylic oxidation sites excluding steroid dienone is 1. The van der Waals surface area contributed by atoms with Crippen molar-refractivity contribution in [3.8, 4) is 0 Å². The van der Waals surface area contributed by atoms with Crippen LogP contribution in [-0.2, 0) is 14.6 Å². The number of alkyl halides is 1. The number of carbonyl (C=O) groups excluding carboxylic acids is 1. The molecular formula is C21H17F3N4O3S. The Morgan fingerprint density at radius 1 is 1.06 bits per heavy atom. The van der Waals surface area contributed by atoms with Gasteiger partial charge in [0.1, 0.15) is 0 Å². The number of hydrogen-bond acceptors (Lipinski definition) is 6. The number of dihydropyridines is 1. The Labute approximate surface area is 181 Å². The van der Waals surface area contributed by atoms with Crippen LogP contribution in [0.4, 0.5) is 18.9 Å². The zero-order valence-electron chi connectivity index (χ0n) is 16.6. The lowest BCUT2D eigenvalue weighted by atomic mass is 10.0. The van der Waals surface area contributed by atoms with Gasteiger partial charge in [0.2, 0.25) is 15.8 Å². The first-order valence-corrected chi connectivity index (χ1v) is 11.2. The molecule has 0 aliphatic carbocycles. The van der Waals surface area contributed by atoms with Gasteiger partial charge in [0.15, 0.2) is 12.0 Å². The number of carbonyl (C=O) groups is 1. The molecule has 32 heavy (non-hydrogen) atoms. The Balaban J connectivity index is 1.81. The predicted octanol–water partition coefficient (Wildman–Crippen LogP) is 2.65. The fourth-order valence-electron chi connectivity index (χ4n) is 3.24. The molecule has 3 N–H and O–H groups in total. The Kier molecular flexibility index (Phi) is 5.29. The maximum absolute atomic E-state index is 14.8. The number of benzodiazepines with no additional fused rings is 1. The zero-order chi connectivity index (χ0) is 23.1. The van der Waals surface area contributed by atoms with Crippen LogP contribution >= 0.6 is 0 Å². The van der Waals surface area contributed by atoms with Gasteiger partial charge in [0.25, 0.3) is 5.91 Å². The number of fused-ring (bicyclic) bond motifs is 1. The van der Waals surface area contributed by atoms with E-state index in [9.17, 15) is 26.4 Å². The van der Waals surface area contributed by atoms with E-state index in [4.69, 9.17) is 0 Å². The second-order valence-corrected chi connectivity index (χ2v) is 9.29. The highest BCUT2D eigenvalue weighted by Crippen LogP contribution is 2.31. The summed E-state index contributed by atoms with van der Waals surface area (Å²) in [5.74, 6) is -4.15. The van der Waals surface area contributed by atoms with Crippen molar-refractivity contribution in [2.45, 2.75) is 11.3 Å². The molecule has 0 aromatic heterocycles. The average Bonchev–Trinajstić information content (AvgIpc) is 2.88. The van der Waals surface area contributed by atoms with E-state index in [2.05, 4.69) is 15.6 Å². The van der Waals surface area contributed by atoms with Crippen LogP contribution in [0.15, 0.2) is 83.1 Å². The van der Waals surface area contributed by atoms with E-state index in [1.807, 2.05) is 0 Å². The lowest BCUT2D eigenvalue weighted by Gasteiger charge is -2.27. The number of anilines is 1. The maximum Gasteiger partial charge on any atom is 0.304 e. The second-order valence-electron chi connectivity index (χ2n) is 7.15. The van der Waals surface area contributed by atoms with Crippen molar-refractivity contribution in [1.29, 1.82) is 0 Å². The van der Waals surface area contributed by atoms with Crippen LogP contribution in [0.25, 0.3) is 0 Å². The molecule has 0 radical (unpaired) electrons. The van der Waals surface area contributed by atoms with Crippen molar-refractivity contribution in [3.05, 3.63) is 89.3 Å². The molecule has 7 nitrogen and oxygen atoms in total. The number of sulfone groups is 1. The first-order valence-electron chi connectivity index (χ1n) is 9.34. The first kappa shape index (κ1) is 21.6. The van der Waals surface area contributed by atoms with E-state index in [0.29, 0.717) is 34.9 Å². The van der Waals surface area contributed by atoms with Crippen molar-refractivity contribution in [2.75, 3.05) is 11.6 Å². The van der Waals surface area contributed by atoms with Crippen LogP contribution in [0.3, 0.4) is 0 Å². The molecule has 0 fully saturated rings. The predicted molar refractivity (Wildman–Crippen MR) is 113 cm³/mol. The number of para-hydroxylation sites is 1. The molecular weight excluding hydrogens is 445 g/mol. The SMILES string of the molecule is CS(=O)(=O)C1(F)C=C(N[C@H]2N=C(c3ccccc3)c3ccccc3NC2=O)C(F)=C(F)N1. The van der Waals surface area contributed by atoms with E-state index < -0.39 is 44.5 Å². The summed E-state index contributed by atoms with van der Waals surface area (Å²) in [6.45, 7) is 0. The number of rotatable bonds is 4. The summed E-state index contributed by atoms with van der Waals surface area (Å²) in [6, 6.07) is 15.6. The number of aliphatic imine (C=N–C) groups is 1. The van der Waals surface area contributed by atoms with Gasteiger partial charge < -0.3 is 16.0 Å². The smallest absolute Gasteiger partial charge is 0.304 e. The van der Waals surface area contributed by atoms with Crippen molar-refractivity contribution in [2.24, 2.45) is 4.99 Å². The standard InChI is InChI=1S/C21H17F3N4O3S/c1-32(30,31)21(24)11-15(16(22)18(23)28-21)25-19-20(29)26-14-10-6-5-9-13(14)17(27-19)12-7-3-2-4-8-12/h2-11,19,25,28H,1H3,(H,26,29)/t19-,21?/m0/s1. The highest BCUT2D eigenvalue weighted by molar-refractivity contribution is 7.92. The summed E-state index contributed by atoms with van der Waals surface area (Å²) in [7, 11) is -4.55. The second kappa shape index (κ2) is 7.83. The number of hydrogen-bond donors (Lipinski definition) is 3. The fourth-order valence-corrected chi connectivity index (χ4v) is 3.85. The summed E-state index contributed by atoms with van der Waals surface area (Å²) in [5.41, 5.74) is 1.15. The third-order valence-corrected chi connectivity index (χ3v) is 6.16. The molecule has 2 atom stereocenters. The summed E-state index contributed by atoms with van der Waals surface area (Å²) in [4.78, 5) is 17.2. The Hall–Kier alpha value is -3.60. The lowest BCUT2D eigenvalue weighted by Crippen LogP contribution is -2.49. The van der Waals surface area contributed by atoms with Gasteiger partial charge in [-0.3, -0.25) is 4.79 Å². The molecule has 2 aliphatic rings. The molecule has 2 aromatic rings. The third-order valence-electron chi connectivity index (χ3n) is 4.87. The minimum atomic E-state index is -4.55. The number of nitrogens with one attached hydrogen (secondary N) is 3. The first-order chi connectivity index (χ1) is 15.1. The van der Waals surface area contributed by atoms with Crippen LogP contribution in [0.1, 0.15) is 11.1 Å². The molecule has 2 aliphatic heterocycles. The molecule has 2 aromatic carbocycles. The Bertz CT molecular complexity index is 1290. The maximum atomic E-state index is 14.8. The largest absolute Gasteiger partial charge is 0.354 e. The monoisotopic (exact) mass is 462 g/mol. The normalized spacial score (nSPS) is 23.2. The molecule has 166 valence electrons. The van der Waals surface area contributed by atoms with Crippen LogP contribution in [0.5, 0.6) is 0 Å². The van der Waals surface area contributed by atoms with Gasteiger partial charge >= 0.3 is 5.12 Å². The number of nitrogens with zero attached hydrogens (tertiary/aromatic N) is 1. The Morgan fingerprint density at radius 2 is 1.72 bits per heavy atom. The van der Waals surface area contributed by atoms with Crippen molar-refractivity contribution in [3.63, 3.8) is 0 Å². The van der Waals surface area contributed by atoms with E-state index in [-0.39, 0.29) is 0 Å². The average molecular weight is 462 g/mol. The highest BCUT2D eigenvalue weighted by Gasteiger charge is 2.45. The van der Waals surface area contributed by atoms with Gasteiger partial charge in [-0.2, -0.15) is 13.2 Å². The van der Waals surface area contributed by atoms with E-state index in [1.165, 1.54) is 5.32 Å². The van der Waals surface area contributed by atoms with Gasteiger partial charge in [-0.05, 0) is 6.07 Å². The quantitative estimate of drug-likeness (QED) is 0.607. The van der Waals surface area contributed by atoms with Crippen LogP contribution in [0.2, 0.25) is 0 Å². The molecule has 11 heteroatoms. The summed E-state index contributed by atoms with van der Waals surface area (Å²) in [6.07, 6.45) is -0.681. The highest BCUT2D eigenvalue weighted by atomic mass is 32.2. The number of benzene rings is 2. The molecule has 0 saturated carbocycles. The number of halogens is 3. The van der Waals surface area contributed by atoms with Crippen LogP contribution in [0, 0.1) is 0 Å². The fraction of sp³-hybridized carbons (Fsp3) is 0.143. The van der Waals surface area contributed by atoms with Gasteiger partial charge in [0.05, 0.1) is 17.1 Å². The van der Waals surface area contributed by atoms with Gasteiger partial charge in [-0.25, -0.2) is 13.4 Å². The van der Waals surface area contributed by atoms with E-state index in [0.717, 1.165) is 0 Å². The van der Waals surface area contributed by atoms with Crippen LogP contribution in [-0.4, -0.2) is 37.6 Å². The van der Waals surface area contributed by atoms with Crippen molar-refractivity contribution in [1.82, 2.24) is 10.6 Å². The number of amides is 1. The van der Waals surface area contributed by atoms with Gasteiger partial charge in [0, 0.05) is 23.5 Å². The summed E-state index contributed by atoms with van der Waals surface area (Å²) >= 11 is 0. The molecule has 0 bridgehead atoms. The lowest BCUT2D eigenvalue weighted by molar-refractivity contribution is -0.117. The van der Waals surface area contributed by atoms with Crippen LogP contribution < -0.4 is 16.0 Å². The molecule has 2 heterocycles. The molecule has 0 saturated heterocycles. The molecule has 0 spiro atoms. The molecule has 1 unspecified atom stereocenters. The minimum absolute atomic E-state index is 0.323. The van der Waals surface area contributed by atoms with E-state index in [1.54, 1.807) is 54.6 Å². The molecule has 4 rings (SSSR count). The minimum Gasteiger partial charge on any atom is -0.354 e. The van der Waals surface area contributed by atoms with Gasteiger partial charge in [-0.15, -0.1) is 0 Å². The zero-order valence-corrected chi connectivity index (χ0v) is 17.4. The third kappa shape index (κ3) is 3.86. The summed E-state index contributed by atoms with van der Waals surface area (Å²) < 4.78 is 66.8. The van der Waals surface area contributed by atoms with Gasteiger partial charge in [-0.1, -0.05) is 48.5 Å². The topological polar surface area (TPSA) is 99.7 Å². The van der Waals surface area contributed by atoms with Crippen molar-refractivity contribution < 1.29 is 26.4 Å².